The highest BCUT2D eigenvalue weighted by atomic mass is 79.9. The van der Waals surface area contributed by atoms with Crippen LogP contribution in [0.3, 0.4) is 0 Å². The van der Waals surface area contributed by atoms with Gasteiger partial charge < -0.3 is 10.5 Å². The third kappa shape index (κ3) is 4.76. The zero-order chi connectivity index (χ0) is 17.9. The Morgan fingerprint density at radius 1 is 1.21 bits per heavy atom. The van der Waals surface area contributed by atoms with E-state index < -0.39 is 17.5 Å². The molecule has 126 valence electrons. The van der Waals surface area contributed by atoms with Crippen molar-refractivity contribution < 1.29 is 14.3 Å². The first-order valence-corrected chi connectivity index (χ1v) is 7.87. The largest absolute Gasteiger partial charge is 0.456 e. The molecule has 7 nitrogen and oxygen atoms in total. The number of rotatable bonds is 4. The molecule has 0 saturated heterocycles. The van der Waals surface area contributed by atoms with Crippen LogP contribution in [0.25, 0.3) is 11.8 Å². The number of halogens is 1. The van der Waals surface area contributed by atoms with E-state index in [2.05, 4.69) is 26.0 Å². The monoisotopic (exact) mass is 392 g/mol. The molecule has 0 fully saturated rings. The van der Waals surface area contributed by atoms with Gasteiger partial charge in [0, 0.05) is 6.20 Å². The number of hydrogen-bond donors (Lipinski definition) is 1. The van der Waals surface area contributed by atoms with Gasteiger partial charge in [0.1, 0.15) is 11.9 Å². The Hall–Kier alpha value is -2.48. The molecule has 0 spiro atoms. The topological polar surface area (TPSA) is 100 Å². The number of hydrogen-bond acceptors (Lipinski definition) is 5. The maximum absolute atomic E-state index is 12.0. The predicted molar refractivity (Wildman–Crippen MR) is 92.7 cm³/mol. The lowest BCUT2D eigenvalue weighted by atomic mass is 10.0. The van der Waals surface area contributed by atoms with Crippen molar-refractivity contribution in [2.75, 3.05) is 0 Å². The van der Waals surface area contributed by atoms with E-state index in [0.29, 0.717) is 15.9 Å². The maximum Gasteiger partial charge on any atom is 0.338 e. The Bertz CT molecular complexity index is 788. The Labute approximate surface area is 147 Å². The first-order chi connectivity index (χ1) is 11.2. The molecule has 0 radical (unpaired) electrons. The molecule has 0 aliphatic carbocycles. The number of nitrogens with two attached hydrogens (primary N) is 1. The van der Waals surface area contributed by atoms with Crippen LogP contribution in [0.1, 0.15) is 36.7 Å². The van der Waals surface area contributed by atoms with Crippen molar-refractivity contribution in [2.24, 2.45) is 5.73 Å². The molecule has 0 aliphatic heterocycles. The molecule has 1 amide bonds. The molecule has 24 heavy (non-hydrogen) atoms. The van der Waals surface area contributed by atoms with E-state index in [1.165, 1.54) is 17.2 Å². The van der Waals surface area contributed by atoms with Gasteiger partial charge in [0.25, 0.3) is 5.91 Å². The first kappa shape index (κ1) is 17.9. The van der Waals surface area contributed by atoms with Crippen LogP contribution < -0.4 is 5.73 Å². The summed E-state index contributed by atoms with van der Waals surface area (Å²) < 4.78 is 7.06. The lowest BCUT2D eigenvalue weighted by Crippen LogP contribution is -2.23. The fraction of sp³-hybridized carbons (Fsp3) is 0.250. The predicted octanol–water partition coefficient (Wildman–Crippen LogP) is 2.48. The number of carbonyl (C=O) groups excluding carboxylic acids is 2. The van der Waals surface area contributed by atoms with Gasteiger partial charge in [0.05, 0.1) is 11.1 Å². The molecule has 1 aromatic heterocycles. The Kier molecular flexibility index (Phi) is 5.18. The Morgan fingerprint density at radius 3 is 2.25 bits per heavy atom. The normalized spacial score (nSPS) is 12.1. The lowest BCUT2D eigenvalue weighted by molar-refractivity contribution is -0.112. The van der Waals surface area contributed by atoms with Gasteiger partial charge in [-0.25, -0.2) is 14.5 Å². The molecule has 0 unspecified atom stereocenters. The van der Waals surface area contributed by atoms with Crippen molar-refractivity contribution in [1.29, 1.82) is 0 Å². The van der Waals surface area contributed by atoms with E-state index in [1.807, 2.05) is 0 Å². The average Bonchev–Trinajstić information content (AvgIpc) is 2.88. The van der Waals surface area contributed by atoms with E-state index in [1.54, 1.807) is 45.0 Å². The molecule has 2 aromatic rings. The maximum atomic E-state index is 12.0. The summed E-state index contributed by atoms with van der Waals surface area (Å²) >= 11 is 3.12. The molecule has 2 N–H and O–H groups in total. The van der Waals surface area contributed by atoms with Crippen molar-refractivity contribution in [3.63, 3.8) is 0 Å². The second kappa shape index (κ2) is 6.96. The Balaban J connectivity index is 2.28. The summed E-state index contributed by atoms with van der Waals surface area (Å²) in [5.41, 5.74) is 6.04. The number of esters is 1. The molecule has 1 heterocycles. The van der Waals surface area contributed by atoms with Gasteiger partial charge in [0.2, 0.25) is 4.73 Å². The van der Waals surface area contributed by atoms with Crippen LogP contribution in [-0.4, -0.2) is 32.2 Å². The van der Waals surface area contributed by atoms with E-state index >= 15 is 0 Å². The van der Waals surface area contributed by atoms with E-state index in [-0.39, 0.29) is 5.57 Å². The SMILES string of the molecule is CC(C)(C)OC(=O)c1ccc(/C(=C\n2cnc(Br)n2)C(N)=O)cc1. The van der Waals surface area contributed by atoms with Gasteiger partial charge in [-0.1, -0.05) is 12.1 Å². The molecule has 0 atom stereocenters. The highest BCUT2D eigenvalue weighted by Crippen LogP contribution is 2.18. The standard InChI is InChI=1S/C16H17BrN4O3/c1-16(2,3)24-14(23)11-6-4-10(5-7-11)12(13(18)22)8-21-9-19-15(17)20-21/h4-9H,1-3H3,(H2,18,22)/b12-8+. The number of aromatic nitrogens is 3. The van der Waals surface area contributed by atoms with Gasteiger partial charge in [0.15, 0.2) is 0 Å². The fourth-order valence-corrected chi connectivity index (χ4v) is 2.13. The molecule has 0 aliphatic rings. The zero-order valence-corrected chi connectivity index (χ0v) is 15.1. The van der Waals surface area contributed by atoms with Crippen molar-refractivity contribution in [3.05, 3.63) is 46.5 Å². The van der Waals surface area contributed by atoms with Gasteiger partial charge >= 0.3 is 5.97 Å². The van der Waals surface area contributed by atoms with Crippen molar-refractivity contribution in [2.45, 2.75) is 26.4 Å². The second-order valence-electron chi connectivity index (χ2n) is 5.98. The third-order valence-corrected chi connectivity index (χ3v) is 3.20. The third-order valence-electron chi connectivity index (χ3n) is 2.84. The van der Waals surface area contributed by atoms with E-state index in [4.69, 9.17) is 10.5 Å². The number of amides is 1. The second-order valence-corrected chi connectivity index (χ2v) is 6.69. The highest BCUT2D eigenvalue weighted by Gasteiger charge is 2.18. The Morgan fingerprint density at radius 2 is 1.79 bits per heavy atom. The molecule has 0 saturated carbocycles. The average molecular weight is 393 g/mol. The number of benzene rings is 1. The summed E-state index contributed by atoms with van der Waals surface area (Å²) in [4.78, 5) is 27.6. The van der Waals surface area contributed by atoms with Crippen LogP contribution in [0.2, 0.25) is 0 Å². The van der Waals surface area contributed by atoms with Crippen molar-refractivity contribution in [3.8, 4) is 0 Å². The van der Waals surface area contributed by atoms with E-state index in [0.717, 1.165) is 0 Å². The summed E-state index contributed by atoms with van der Waals surface area (Å²) in [6, 6.07) is 6.42. The summed E-state index contributed by atoms with van der Waals surface area (Å²) in [5, 5.41) is 4.01. The smallest absolute Gasteiger partial charge is 0.338 e. The molecular formula is C16H17BrN4O3. The van der Waals surface area contributed by atoms with Crippen LogP contribution in [0.4, 0.5) is 0 Å². The summed E-state index contributed by atoms with van der Waals surface area (Å²) in [5.74, 6) is -1.05. The minimum Gasteiger partial charge on any atom is -0.456 e. The van der Waals surface area contributed by atoms with Gasteiger partial charge in [-0.05, 0) is 54.4 Å². The summed E-state index contributed by atoms with van der Waals surface area (Å²) in [7, 11) is 0. The van der Waals surface area contributed by atoms with Gasteiger partial charge in [-0.2, -0.15) is 0 Å². The zero-order valence-electron chi connectivity index (χ0n) is 13.5. The van der Waals surface area contributed by atoms with Crippen LogP contribution in [0.15, 0.2) is 35.3 Å². The van der Waals surface area contributed by atoms with E-state index in [9.17, 15) is 9.59 Å². The van der Waals surface area contributed by atoms with Crippen LogP contribution in [0.5, 0.6) is 0 Å². The fourth-order valence-electron chi connectivity index (χ4n) is 1.85. The first-order valence-electron chi connectivity index (χ1n) is 7.08. The number of ether oxygens (including phenoxy) is 1. The van der Waals surface area contributed by atoms with Crippen molar-refractivity contribution in [1.82, 2.24) is 14.8 Å². The highest BCUT2D eigenvalue weighted by molar-refractivity contribution is 9.10. The van der Waals surface area contributed by atoms with Gasteiger partial charge in [-0.3, -0.25) is 4.79 Å². The minimum atomic E-state index is -0.619. The van der Waals surface area contributed by atoms with Crippen LogP contribution >= 0.6 is 15.9 Å². The summed E-state index contributed by atoms with van der Waals surface area (Å²) in [6.45, 7) is 5.39. The quantitative estimate of drug-likeness (QED) is 0.636. The molecule has 2 rings (SSSR count). The molecule has 0 bridgehead atoms. The number of carbonyl (C=O) groups is 2. The number of primary amides is 1. The van der Waals surface area contributed by atoms with Crippen LogP contribution in [-0.2, 0) is 9.53 Å². The lowest BCUT2D eigenvalue weighted by Gasteiger charge is -2.19. The molecular weight excluding hydrogens is 376 g/mol. The van der Waals surface area contributed by atoms with Crippen LogP contribution in [0, 0.1) is 0 Å². The van der Waals surface area contributed by atoms with Crippen molar-refractivity contribution >= 4 is 39.6 Å². The van der Waals surface area contributed by atoms with Gasteiger partial charge in [-0.15, -0.1) is 5.10 Å². The number of nitrogens with zero attached hydrogens (tertiary/aromatic N) is 3. The minimum absolute atomic E-state index is 0.239. The summed E-state index contributed by atoms with van der Waals surface area (Å²) in [6.07, 6.45) is 2.89. The molecule has 1 aromatic carbocycles. The molecule has 8 heteroatoms.